The number of hydrogen-bond acceptors (Lipinski definition) is 7. The number of anilines is 1. The first-order chi connectivity index (χ1) is 20.4. The van der Waals surface area contributed by atoms with E-state index >= 15 is 0 Å². The van der Waals surface area contributed by atoms with Crippen LogP contribution in [0.3, 0.4) is 0 Å². The molecule has 0 aliphatic heterocycles. The van der Waals surface area contributed by atoms with Crippen LogP contribution in [0.25, 0.3) is 10.8 Å². The topological polar surface area (TPSA) is 94.2 Å². The van der Waals surface area contributed by atoms with Crippen molar-refractivity contribution < 1.29 is 27.4 Å². The van der Waals surface area contributed by atoms with E-state index in [4.69, 9.17) is 9.47 Å². The van der Waals surface area contributed by atoms with Crippen molar-refractivity contribution in [3.8, 4) is 11.5 Å². The Morgan fingerprint density at radius 1 is 0.814 bits per heavy atom. The van der Waals surface area contributed by atoms with E-state index in [1.54, 1.807) is 19.1 Å². The number of esters is 1. The molecular formula is C34H42N2O6S. The fourth-order valence-electron chi connectivity index (χ4n) is 4.42. The zero-order valence-corrected chi connectivity index (χ0v) is 26.9. The summed E-state index contributed by atoms with van der Waals surface area (Å²) in [5.74, 6) is 1.36. The van der Waals surface area contributed by atoms with Crippen LogP contribution in [-0.4, -0.2) is 48.3 Å². The molecule has 0 saturated heterocycles. The van der Waals surface area contributed by atoms with Gasteiger partial charge < -0.3 is 19.1 Å². The number of ether oxygens (including phenoxy) is 3. The molecule has 0 fully saturated rings. The number of nitrogens with zero attached hydrogens (tertiary/aromatic N) is 1. The molecule has 0 radical (unpaired) electrons. The number of nitrogens with one attached hydrogen (secondary N) is 1. The van der Waals surface area contributed by atoms with Crippen molar-refractivity contribution in [2.75, 3.05) is 38.8 Å². The highest BCUT2D eigenvalue weighted by Crippen LogP contribution is 2.30. The fourth-order valence-corrected chi connectivity index (χ4v) is 5.66. The van der Waals surface area contributed by atoms with Crippen LogP contribution in [0, 0.1) is 20.8 Å². The molecule has 0 aliphatic rings. The van der Waals surface area contributed by atoms with Crippen LogP contribution in [0.5, 0.6) is 11.5 Å². The summed E-state index contributed by atoms with van der Waals surface area (Å²) in [5, 5.41) is 1.59. The van der Waals surface area contributed by atoms with Crippen LogP contribution in [0.15, 0.2) is 77.7 Å². The molecule has 43 heavy (non-hydrogen) atoms. The van der Waals surface area contributed by atoms with Crippen LogP contribution >= 0.6 is 0 Å². The number of benzene rings is 4. The number of sulfonamides is 1. The lowest BCUT2D eigenvalue weighted by Crippen LogP contribution is -2.23. The minimum absolute atomic E-state index is 0.154. The highest BCUT2D eigenvalue weighted by atomic mass is 32.2. The second kappa shape index (κ2) is 15.4. The Labute approximate surface area is 255 Å². The van der Waals surface area contributed by atoms with Crippen molar-refractivity contribution in [1.82, 2.24) is 4.72 Å². The summed E-state index contributed by atoms with van der Waals surface area (Å²) < 4.78 is 45.6. The maximum absolute atomic E-state index is 13.3. The first kappa shape index (κ1) is 33.4. The highest BCUT2D eigenvalue weighted by Gasteiger charge is 2.18. The summed E-state index contributed by atoms with van der Waals surface area (Å²) in [7, 11) is 0.152. The first-order valence-corrected chi connectivity index (χ1v) is 15.7. The largest absolute Gasteiger partial charge is 0.490 e. The zero-order chi connectivity index (χ0) is 31.6. The predicted molar refractivity (Wildman–Crippen MR) is 173 cm³/mol. The minimum Gasteiger partial charge on any atom is -0.490 e. The van der Waals surface area contributed by atoms with Crippen LogP contribution in [0.4, 0.5) is 5.69 Å². The van der Waals surface area contributed by atoms with Gasteiger partial charge in [0.05, 0.1) is 11.5 Å². The molecule has 0 atom stereocenters. The summed E-state index contributed by atoms with van der Waals surface area (Å²) >= 11 is 0. The van der Waals surface area contributed by atoms with Crippen LogP contribution < -0.4 is 19.1 Å². The molecule has 0 saturated carbocycles. The Balaban J connectivity index is 0.000000765. The third-order valence-electron chi connectivity index (χ3n) is 6.64. The second-order valence-electron chi connectivity index (χ2n) is 10.3. The van der Waals surface area contributed by atoms with Crippen molar-refractivity contribution in [2.24, 2.45) is 0 Å². The summed E-state index contributed by atoms with van der Waals surface area (Å²) in [6.07, 6.45) is 0. The molecule has 0 bridgehead atoms. The van der Waals surface area contributed by atoms with E-state index in [1.807, 2.05) is 94.4 Å². The Kier molecular flexibility index (Phi) is 12.0. The first-order valence-electron chi connectivity index (χ1n) is 14.2. The van der Waals surface area contributed by atoms with Crippen molar-refractivity contribution >= 4 is 32.5 Å². The smallest absolute Gasteiger partial charge is 0.302 e. The Morgan fingerprint density at radius 3 is 2.02 bits per heavy atom. The Morgan fingerprint density at radius 2 is 1.42 bits per heavy atom. The predicted octanol–water partition coefficient (Wildman–Crippen LogP) is 6.34. The number of fused-ring (bicyclic) bond motifs is 1. The standard InChI is InChI=1S/C30H34N2O4S.C4H8O2/c1-21-12-13-22(2)28(18-21)35-16-17-36-29-19-24(15-14-23(29)3)20-31-37(33,34)30-11-7-8-25-26(30)9-6-10-27(25)32(4)5;1-3-6-4(2)5/h6-15,18-19,31H,16-17,20H2,1-5H3;3H2,1-2H3. The Bertz CT molecular complexity index is 1650. The average molecular weight is 607 g/mol. The molecule has 230 valence electrons. The molecule has 0 heterocycles. The van der Waals surface area contributed by atoms with E-state index in [1.165, 1.54) is 6.92 Å². The number of aryl methyl sites for hydroxylation is 3. The third-order valence-corrected chi connectivity index (χ3v) is 8.10. The van der Waals surface area contributed by atoms with Gasteiger partial charge in [-0.2, -0.15) is 0 Å². The lowest BCUT2D eigenvalue weighted by atomic mass is 10.1. The van der Waals surface area contributed by atoms with E-state index in [0.717, 1.165) is 39.1 Å². The van der Waals surface area contributed by atoms with E-state index in [2.05, 4.69) is 15.5 Å². The number of carbonyl (C=O) groups is 1. The molecule has 0 spiro atoms. The molecule has 9 heteroatoms. The van der Waals surface area contributed by atoms with E-state index in [9.17, 15) is 13.2 Å². The summed E-state index contributed by atoms with van der Waals surface area (Å²) in [5.41, 5.74) is 4.99. The number of carbonyl (C=O) groups excluding carboxylic acids is 1. The average Bonchev–Trinajstić information content (AvgIpc) is 2.96. The molecule has 8 nitrogen and oxygen atoms in total. The van der Waals surface area contributed by atoms with E-state index in [-0.39, 0.29) is 17.4 Å². The summed E-state index contributed by atoms with van der Waals surface area (Å²) in [6, 6.07) is 22.9. The molecule has 0 aliphatic carbocycles. The van der Waals surface area contributed by atoms with Gasteiger partial charge >= 0.3 is 5.97 Å². The maximum atomic E-state index is 13.3. The fraction of sp³-hybridized carbons (Fsp3) is 0.324. The summed E-state index contributed by atoms with van der Waals surface area (Å²) in [6.45, 7) is 10.6. The highest BCUT2D eigenvalue weighted by molar-refractivity contribution is 7.89. The molecular weight excluding hydrogens is 564 g/mol. The van der Waals surface area contributed by atoms with Gasteiger partial charge in [-0.15, -0.1) is 0 Å². The molecule has 4 aromatic carbocycles. The van der Waals surface area contributed by atoms with Crippen molar-refractivity contribution in [2.45, 2.75) is 46.1 Å². The van der Waals surface area contributed by atoms with Gasteiger partial charge in [0.25, 0.3) is 0 Å². The number of rotatable bonds is 11. The maximum Gasteiger partial charge on any atom is 0.302 e. The lowest BCUT2D eigenvalue weighted by Gasteiger charge is -2.17. The normalized spacial score (nSPS) is 11.0. The van der Waals surface area contributed by atoms with Crippen LogP contribution in [-0.2, 0) is 26.1 Å². The minimum atomic E-state index is -3.74. The van der Waals surface area contributed by atoms with Gasteiger partial charge in [0.2, 0.25) is 10.0 Å². The van der Waals surface area contributed by atoms with E-state index in [0.29, 0.717) is 31.0 Å². The molecule has 0 aromatic heterocycles. The second-order valence-corrected chi connectivity index (χ2v) is 12.1. The molecule has 0 unspecified atom stereocenters. The van der Waals surface area contributed by atoms with Gasteiger partial charge in [-0.25, -0.2) is 13.1 Å². The van der Waals surface area contributed by atoms with Crippen molar-refractivity contribution in [3.63, 3.8) is 0 Å². The monoisotopic (exact) mass is 606 g/mol. The van der Waals surface area contributed by atoms with Crippen LogP contribution in [0.1, 0.15) is 36.1 Å². The van der Waals surface area contributed by atoms with Crippen molar-refractivity contribution in [1.29, 1.82) is 0 Å². The van der Waals surface area contributed by atoms with E-state index < -0.39 is 10.0 Å². The van der Waals surface area contributed by atoms with Gasteiger partial charge in [0.1, 0.15) is 24.7 Å². The van der Waals surface area contributed by atoms with Gasteiger partial charge in [-0.05, 0) is 74.2 Å². The lowest BCUT2D eigenvalue weighted by molar-refractivity contribution is -0.140. The van der Waals surface area contributed by atoms with Gasteiger partial charge in [0.15, 0.2) is 0 Å². The molecule has 4 rings (SSSR count). The molecule has 0 amide bonds. The molecule has 1 N–H and O–H groups in total. The van der Waals surface area contributed by atoms with Gasteiger partial charge in [0, 0.05) is 44.0 Å². The van der Waals surface area contributed by atoms with Gasteiger partial charge in [-0.1, -0.05) is 48.5 Å². The quantitative estimate of drug-likeness (QED) is 0.157. The van der Waals surface area contributed by atoms with Gasteiger partial charge in [-0.3, -0.25) is 4.79 Å². The number of hydrogen-bond donors (Lipinski definition) is 1. The molecule has 4 aromatic rings. The zero-order valence-electron chi connectivity index (χ0n) is 26.1. The SMILES string of the molecule is CCOC(C)=O.Cc1ccc(C)c(OCCOc2cc(CNS(=O)(=O)c3cccc4c(N(C)C)cccc34)ccc2C)c1. The third kappa shape index (κ3) is 9.46. The Hall–Kier alpha value is -4.08. The van der Waals surface area contributed by atoms with Crippen molar-refractivity contribution in [3.05, 3.63) is 95.1 Å². The summed E-state index contributed by atoms with van der Waals surface area (Å²) in [4.78, 5) is 12.1. The van der Waals surface area contributed by atoms with Crippen LogP contribution in [0.2, 0.25) is 0 Å².